The summed E-state index contributed by atoms with van der Waals surface area (Å²) < 4.78 is 0. The lowest BCUT2D eigenvalue weighted by Gasteiger charge is -2.37. The fourth-order valence-corrected chi connectivity index (χ4v) is 2.42. The van der Waals surface area contributed by atoms with E-state index in [1.54, 1.807) is 0 Å². The molecule has 0 aromatic heterocycles. The van der Waals surface area contributed by atoms with Gasteiger partial charge in [-0.3, -0.25) is 4.90 Å². The smallest absolute Gasteiger partial charge is 0.0221 e. The molecule has 0 bridgehead atoms. The number of nitrogens with zero attached hydrogens (tertiary/aromatic N) is 1. The van der Waals surface area contributed by atoms with E-state index >= 15 is 0 Å². The molecule has 0 unspecified atom stereocenters. The Bertz CT molecular complexity index is 156. The average Bonchev–Trinajstić information content (AvgIpc) is 2.49. The minimum Gasteiger partial charge on any atom is -0.311 e. The monoisotopic (exact) mass is 168 g/mol. The van der Waals surface area contributed by atoms with Gasteiger partial charge in [-0.25, -0.2) is 0 Å². The Balaban J connectivity index is 1.92. The first-order valence-corrected chi connectivity index (χ1v) is 5.25. The van der Waals surface area contributed by atoms with Gasteiger partial charge >= 0.3 is 0 Å². The molecule has 2 atom stereocenters. The zero-order chi connectivity index (χ0) is 8.55. The Kier molecular flexibility index (Phi) is 2.37. The van der Waals surface area contributed by atoms with Crippen molar-refractivity contribution in [2.75, 3.05) is 19.6 Å². The van der Waals surface area contributed by atoms with Gasteiger partial charge in [-0.1, -0.05) is 13.8 Å². The van der Waals surface area contributed by atoms with Gasteiger partial charge in [-0.05, 0) is 25.3 Å². The van der Waals surface area contributed by atoms with Crippen LogP contribution >= 0.6 is 0 Å². The highest BCUT2D eigenvalue weighted by molar-refractivity contribution is 4.90. The van der Waals surface area contributed by atoms with Crippen molar-refractivity contribution in [1.82, 2.24) is 10.2 Å². The Hall–Kier alpha value is -0.0800. The summed E-state index contributed by atoms with van der Waals surface area (Å²) in [6.07, 6.45) is 2.83. The lowest BCUT2D eigenvalue weighted by Crippen LogP contribution is -2.55. The third kappa shape index (κ3) is 1.50. The average molecular weight is 168 g/mol. The summed E-state index contributed by atoms with van der Waals surface area (Å²) in [5, 5.41) is 3.65. The van der Waals surface area contributed by atoms with Crippen molar-refractivity contribution in [2.45, 2.75) is 38.8 Å². The highest BCUT2D eigenvalue weighted by Crippen LogP contribution is 2.21. The Morgan fingerprint density at radius 1 is 1.42 bits per heavy atom. The van der Waals surface area contributed by atoms with E-state index in [2.05, 4.69) is 24.1 Å². The van der Waals surface area contributed by atoms with Crippen molar-refractivity contribution >= 4 is 0 Å². The number of rotatable bonds is 1. The van der Waals surface area contributed by atoms with E-state index in [1.165, 1.54) is 32.5 Å². The topological polar surface area (TPSA) is 15.3 Å². The molecule has 0 radical (unpaired) electrons. The zero-order valence-electron chi connectivity index (χ0n) is 8.21. The second-order valence-electron chi connectivity index (χ2n) is 4.55. The van der Waals surface area contributed by atoms with Crippen LogP contribution < -0.4 is 5.32 Å². The largest absolute Gasteiger partial charge is 0.311 e. The molecule has 2 heterocycles. The third-order valence-corrected chi connectivity index (χ3v) is 3.35. The summed E-state index contributed by atoms with van der Waals surface area (Å²) in [5.41, 5.74) is 0. The van der Waals surface area contributed by atoms with Crippen molar-refractivity contribution in [2.24, 2.45) is 5.92 Å². The van der Waals surface area contributed by atoms with Crippen LogP contribution in [-0.2, 0) is 0 Å². The Morgan fingerprint density at radius 3 is 3.00 bits per heavy atom. The van der Waals surface area contributed by atoms with E-state index in [9.17, 15) is 0 Å². The molecule has 2 saturated heterocycles. The number of hydrogen-bond acceptors (Lipinski definition) is 2. The van der Waals surface area contributed by atoms with Gasteiger partial charge < -0.3 is 5.32 Å². The van der Waals surface area contributed by atoms with Crippen LogP contribution in [0.3, 0.4) is 0 Å². The van der Waals surface area contributed by atoms with Crippen LogP contribution in [0.5, 0.6) is 0 Å². The van der Waals surface area contributed by atoms with Crippen LogP contribution in [0.2, 0.25) is 0 Å². The van der Waals surface area contributed by atoms with Crippen LogP contribution in [-0.4, -0.2) is 36.6 Å². The summed E-state index contributed by atoms with van der Waals surface area (Å²) in [6, 6.07) is 1.60. The molecule has 0 amide bonds. The summed E-state index contributed by atoms with van der Waals surface area (Å²) >= 11 is 0. The molecular formula is C10H20N2. The molecule has 0 aliphatic carbocycles. The van der Waals surface area contributed by atoms with Gasteiger partial charge in [-0.15, -0.1) is 0 Å². The molecule has 0 aromatic carbocycles. The van der Waals surface area contributed by atoms with E-state index in [4.69, 9.17) is 0 Å². The lowest BCUT2D eigenvalue weighted by atomic mass is 10.0. The van der Waals surface area contributed by atoms with E-state index in [0.717, 1.165) is 18.0 Å². The minimum atomic E-state index is 0.736. The molecule has 2 aliphatic heterocycles. The van der Waals surface area contributed by atoms with E-state index in [0.29, 0.717) is 0 Å². The molecular weight excluding hydrogens is 148 g/mol. The highest BCUT2D eigenvalue weighted by atomic mass is 15.2. The van der Waals surface area contributed by atoms with Gasteiger partial charge in [0.25, 0.3) is 0 Å². The fraction of sp³-hybridized carbons (Fsp3) is 1.00. The molecule has 12 heavy (non-hydrogen) atoms. The second-order valence-corrected chi connectivity index (χ2v) is 4.55. The molecule has 1 N–H and O–H groups in total. The summed E-state index contributed by atoms with van der Waals surface area (Å²) in [6.45, 7) is 8.48. The van der Waals surface area contributed by atoms with E-state index in [1.807, 2.05) is 0 Å². The number of piperazine rings is 1. The van der Waals surface area contributed by atoms with Gasteiger partial charge in [0.2, 0.25) is 0 Å². The molecule has 70 valence electrons. The first-order chi connectivity index (χ1) is 5.77. The van der Waals surface area contributed by atoms with Gasteiger partial charge in [-0.2, -0.15) is 0 Å². The Labute approximate surface area is 75.3 Å². The predicted octanol–water partition coefficient (Wildman–Crippen LogP) is 1.08. The third-order valence-electron chi connectivity index (χ3n) is 3.35. The molecule has 0 spiro atoms. The maximum Gasteiger partial charge on any atom is 0.0221 e. The molecule has 0 saturated carbocycles. The predicted molar refractivity (Wildman–Crippen MR) is 51.2 cm³/mol. The van der Waals surface area contributed by atoms with Crippen LogP contribution in [0, 0.1) is 5.92 Å². The zero-order valence-corrected chi connectivity index (χ0v) is 8.21. The summed E-state index contributed by atoms with van der Waals surface area (Å²) in [4.78, 5) is 2.67. The molecule has 2 nitrogen and oxygen atoms in total. The number of nitrogens with one attached hydrogen (secondary N) is 1. The van der Waals surface area contributed by atoms with E-state index in [-0.39, 0.29) is 0 Å². The maximum absolute atomic E-state index is 3.65. The number of hydrogen-bond donors (Lipinski definition) is 1. The van der Waals surface area contributed by atoms with Crippen LogP contribution in [0.4, 0.5) is 0 Å². The van der Waals surface area contributed by atoms with Crippen molar-refractivity contribution in [3.8, 4) is 0 Å². The minimum absolute atomic E-state index is 0.736. The molecule has 2 heteroatoms. The first-order valence-electron chi connectivity index (χ1n) is 5.25. The van der Waals surface area contributed by atoms with Crippen LogP contribution in [0.15, 0.2) is 0 Å². The summed E-state index contributed by atoms with van der Waals surface area (Å²) in [5.74, 6) is 0.784. The van der Waals surface area contributed by atoms with E-state index < -0.39 is 0 Å². The Morgan fingerprint density at radius 2 is 2.25 bits per heavy atom. The maximum atomic E-state index is 3.65. The van der Waals surface area contributed by atoms with Gasteiger partial charge in [0.1, 0.15) is 0 Å². The van der Waals surface area contributed by atoms with Gasteiger partial charge in [0, 0.05) is 25.2 Å². The van der Waals surface area contributed by atoms with Crippen molar-refractivity contribution in [3.63, 3.8) is 0 Å². The standard InChI is InChI=1S/C10H20N2/c1-8(2)10-7-12-5-3-4-9(12)6-11-10/h8-11H,3-7H2,1-2H3/t9-,10+/m0/s1. The quantitative estimate of drug-likeness (QED) is 0.630. The second kappa shape index (κ2) is 3.35. The molecule has 2 fully saturated rings. The van der Waals surface area contributed by atoms with Crippen molar-refractivity contribution in [1.29, 1.82) is 0 Å². The van der Waals surface area contributed by atoms with Crippen molar-refractivity contribution < 1.29 is 0 Å². The SMILES string of the molecule is CC(C)[C@H]1CN2CCC[C@H]2CN1. The highest BCUT2D eigenvalue weighted by Gasteiger charge is 2.31. The fourth-order valence-electron chi connectivity index (χ4n) is 2.42. The van der Waals surface area contributed by atoms with Crippen LogP contribution in [0.1, 0.15) is 26.7 Å². The lowest BCUT2D eigenvalue weighted by molar-refractivity contribution is 0.151. The van der Waals surface area contributed by atoms with Crippen LogP contribution in [0.25, 0.3) is 0 Å². The van der Waals surface area contributed by atoms with Gasteiger partial charge in [0.05, 0.1) is 0 Å². The normalized spacial score (nSPS) is 37.2. The number of fused-ring (bicyclic) bond motifs is 1. The van der Waals surface area contributed by atoms with Crippen molar-refractivity contribution in [3.05, 3.63) is 0 Å². The molecule has 2 rings (SSSR count). The molecule has 0 aromatic rings. The molecule has 2 aliphatic rings. The first kappa shape index (κ1) is 8.52. The summed E-state index contributed by atoms with van der Waals surface area (Å²) in [7, 11) is 0. The van der Waals surface area contributed by atoms with Gasteiger partial charge in [0.15, 0.2) is 0 Å².